The summed E-state index contributed by atoms with van der Waals surface area (Å²) in [5.74, 6) is 1.14. The van der Waals surface area contributed by atoms with Crippen LogP contribution in [0.5, 0.6) is 0 Å². The van der Waals surface area contributed by atoms with Gasteiger partial charge < -0.3 is 14.9 Å². The van der Waals surface area contributed by atoms with Gasteiger partial charge in [-0.05, 0) is 17.7 Å². The number of nitrogens with zero attached hydrogens (tertiary/aromatic N) is 3. The molecule has 21 heavy (non-hydrogen) atoms. The van der Waals surface area contributed by atoms with Crippen LogP contribution in [0.25, 0.3) is 0 Å². The number of aromatic nitrogens is 2. The summed E-state index contributed by atoms with van der Waals surface area (Å²) in [5, 5.41) is 27.3. The summed E-state index contributed by atoms with van der Waals surface area (Å²) in [5.41, 5.74) is 0.634. The van der Waals surface area contributed by atoms with Gasteiger partial charge >= 0.3 is 0 Å². The largest absolute Gasteiger partial charge is 0.387 e. The van der Waals surface area contributed by atoms with E-state index in [1.54, 1.807) is 19.1 Å². The molecule has 8 nitrogen and oxygen atoms in total. The third-order valence-electron chi connectivity index (χ3n) is 2.92. The van der Waals surface area contributed by atoms with Crippen LogP contribution in [-0.4, -0.2) is 33.3 Å². The Morgan fingerprint density at radius 2 is 2.14 bits per heavy atom. The number of hydrogen-bond donors (Lipinski definition) is 2. The van der Waals surface area contributed by atoms with Crippen LogP contribution in [0, 0.1) is 17.0 Å². The van der Waals surface area contributed by atoms with Crippen molar-refractivity contribution >= 4 is 5.69 Å². The molecule has 1 unspecified atom stereocenters. The van der Waals surface area contributed by atoms with Gasteiger partial charge in [0.15, 0.2) is 5.82 Å². The van der Waals surface area contributed by atoms with Crippen LogP contribution in [0.2, 0.25) is 0 Å². The molecule has 0 amide bonds. The Hall–Kier alpha value is -2.32. The van der Waals surface area contributed by atoms with Crippen LogP contribution in [0.4, 0.5) is 5.69 Å². The second kappa shape index (κ2) is 6.91. The SMILES string of the molecule is Cc1nc(CCNCC(O)c2ccc([N+](=O)[O-])cc2)no1. The van der Waals surface area contributed by atoms with Crippen LogP contribution in [-0.2, 0) is 6.42 Å². The van der Waals surface area contributed by atoms with Crippen LogP contribution < -0.4 is 5.32 Å². The molecule has 0 bridgehead atoms. The molecule has 0 aliphatic heterocycles. The number of aliphatic hydroxyl groups is 1. The number of non-ortho nitro benzene ring substituents is 1. The first kappa shape index (κ1) is 15.1. The highest BCUT2D eigenvalue weighted by molar-refractivity contribution is 5.33. The summed E-state index contributed by atoms with van der Waals surface area (Å²) in [6.07, 6.45) is -0.123. The molecule has 0 radical (unpaired) electrons. The van der Waals surface area contributed by atoms with Gasteiger partial charge in [0.05, 0.1) is 11.0 Å². The van der Waals surface area contributed by atoms with E-state index in [1.807, 2.05) is 0 Å². The molecular weight excluding hydrogens is 276 g/mol. The van der Waals surface area contributed by atoms with Crippen molar-refractivity contribution in [2.24, 2.45) is 0 Å². The van der Waals surface area contributed by atoms with Gasteiger partial charge in [-0.15, -0.1) is 0 Å². The Kier molecular flexibility index (Phi) is 4.96. The molecule has 0 aliphatic carbocycles. The van der Waals surface area contributed by atoms with E-state index < -0.39 is 11.0 Å². The number of benzene rings is 1. The minimum atomic E-state index is -0.724. The molecule has 0 saturated carbocycles. The Bertz CT molecular complexity index is 596. The summed E-state index contributed by atoms with van der Waals surface area (Å²) in [6.45, 7) is 2.67. The number of rotatable bonds is 7. The number of aliphatic hydroxyl groups excluding tert-OH is 1. The fourth-order valence-corrected chi connectivity index (χ4v) is 1.82. The maximum atomic E-state index is 10.5. The van der Waals surface area contributed by atoms with Gasteiger partial charge in [0, 0.05) is 38.6 Å². The zero-order chi connectivity index (χ0) is 15.2. The van der Waals surface area contributed by atoms with E-state index in [0.29, 0.717) is 36.8 Å². The number of nitro benzene ring substituents is 1. The standard InChI is InChI=1S/C13H16N4O4/c1-9-15-13(16-21-9)6-7-14-8-12(18)10-2-4-11(5-3-10)17(19)20/h2-5,12,14,18H,6-8H2,1H3. The van der Waals surface area contributed by atoms with Crippen molar-refractivity contribution in [1.82, 2.24) is 15.5 Å². The van der Waals surface area contributed by atoms with Crippen molar-refractivity contribution in [2.45, 2.75) is 19.4 Å². The summed E-state index contributed by atoms with van der Waals surface area (Å²) >= 11 is 0. The Labute approximate surface area is 120 Å². The van der Waals surface area contributed by atoms with E-state index in [-0.39, 0.29) is 5.69 Å². The van der Waals surface area contributed by atoms with Crippen molar-refractivity contribution in [1.29, 1.82) is 0 Å². The fraction of sp³-hybridized carbons (Fsp3) is 0.385. The molecule has 8 heteroatoms. The third kappa shape index (κ3) is 4.33. The van der Waals surface area contributed by atoms with E-state index >= 15 is 0 Å². The number of nitro groups is 1. The molecule has 0 saturated heterocycles. The summed E-state index contributed by atoms with van der Waals surface area (Å²) in [7, 11) is 0. The molecule has 112 valence electrons. The zero-order valence-electron chi connectivity index (χ0n) is 11.5. The van der Waals surface area contributed by atoms with Crippen molar-refractivity contribution in [3.63, 3.8) is 0 Å². The molecular formula is C13H16N4O4. The number of hydrogen-bond acceptors (Lipinski definition) is 7. The topological polar surface area (TPSA) is 114 Å². The van der Waals surface area contributed by atoms with Gasteiger partial charge in [0.25, 0.3) is 5.69 Å². The Morgan fingerprint density at radius 3 is 2.71 bits per heavy atom. The van der Waals surface area contributed by atoms with Gasteiger partial charge in [0.1, 0.15) is 0 Å². The molecule has 0 aliphatic rings. The fourth-order valence-electron chi connectivity index (χ4n) is 1.82. The number of nitrogens with one attached hydrogen (secondary N) is 1. The molecule has 1 heterocycles. The lowest BCUT2D eigenvalue weighted by molar-refractivity contribution is -0.384. The molecule has 2 rings (SSSR count). The number of aryl methyl sites for hydroxylation is 1. The maximum absolute atomic E-state index is 10.5. The minimum Gasteiger partial charge on any atom is -0.387 e. The lowest BCUT2D eigenvalue weighted by Gasteiger charge is -2.11. The summed E-state index contributed by atoms with van der Waals surface area (Å²) < 4.78 is 4.85. The highest BCUT2D eigenvalue weighted by Gasteiger charge is 2.10. The first-order valence-electron chi connectivity index (χ1n) is 6.48. The van der Waals surface area contributed by atoms with Crippen LogP contribution >= 0.6 is 0 Å². The first-order chi connectivity index (χ1) is 10.1. The summed E-state index contributed by atoms with van der Waals surface area (Å²) in [4.78, 5) is 14.1. The minimum absolute atomic E-state index is 0.00591. The van der Waals surface area contributed by atoms with E-state index in [0.717, 1.165) is 0 Å². The van der Waals surface area contributed by atoms with Crippen molar-refractivity contribution < 1.29 is 14.6 Å². The van der Waals surface area contributed by atoms with E-state index in [9.17, 15) is 15.2 Å². The van der Waals surface area contributed by atoms with Crippen LogP contribution in [0.1, 0.15) is 23.4 Å². The van der Waals surface area contributed by atoms with Gasteiger partial charge in [0.2, 0.25) is 5.89 Å². The smallest absolute Gasteiger partial charge is 0.269 e. The van der Waals surface area contributed by atoms with E-state index in [1.165, 1.54) is 12.1 Å². The highest BCUT2D eigenvalue weighted by atomic mass is 16.6. The zero-order valence-corrected chi connectivity index (χ0v) is 11.5. The second-order valence-electron chi connectivity index (χ2n) is 4.55. The van der Waals surface area contributed by atoms with Crippen molar-refractivity contribution in [3.8, 4) is 0 Å². The molecule has 0 fully saturated rings. The molecule has 1 aromatic heterocycles. The van der Waals surface area contributed by atoms with Crippen molar-refractivity contribution in [3.05, 3.63) is 51.7 Å². The second-order valence-corrected chi connectivity index (χ2v) is 4.55. The van der Waals surface area contributed by atoms with Gasteiger partial charge in [-0.2, -0.15) is 4.98 Å². The molecule has 2 aromatic rings. The van der Waals surface area contributed by atoms with Crippen LogP contribution in [0.15, 0.2) is 28.8 Å². The monoisotopic (exact) mass is 292 g/mol. The van der Waals surface area contributed by atoms with E-state index in [4.69, 9.17) is 4.52 Å². The molecule has 1 atom stereocenters. The molecule has 2 N–H and O–H groups in total. The Morgan fingerprint density at radius 1 is 1.43 bits per heavy atom. The van der Waals surface area contributed by atoms with Crippen LogP contribution in [0.3, 0.4) is 0 Å². The highest BCUT2D eigenvalue weighted by Crippen LogP contribution is 2.17. The normalized spacial score (nSPS) is 12.3. The third-order valence-corrected chi connectivity index (χ3v) is 2.92. The predicted octanol–water partition coefficient (Wildman–Crippen LogP) is 1.15. The predicted molar refractivity (Wildman–Crippen MR) is 73.7 cm³/mol. The maximum Gasteiger partial charge on any atom is 0.269 e. The summed E-state index contributed by atoms with van der Waals surface area (Å²) in [6, 6.07) is 5.85. The van der Waals surface area contributed by atoms with Gasteiger partial charge in [-0.25, -0.2) is 0 Å². The quantitative estimate of drug-likeness (QED) is 0.447. The van der Waals surface area contributed by atoms with E-state index in [2.05, 4.69) is 15.5 Å². The lowest BCUT2D eigenvalue weighted by atomic mass is 10.1. The van der Waals surface area contributed by atoms with Gasteiger partial charge in [-0.3, -0.25) is 10.1 Å². The average Bonchev–Trinajstić information content (AvgIpc) is 2.89. The first-order valence-corrected chi connectivity index (χ1v) is 6.48. The molecule has 0 spiro atoms. The van der Waals surface area contributed by atoms with Gasteiger partial charge in [-0.1, -0.05) is 5.16 Å². The molecule has 1 aromatic carbocycles. The lowest BCUT2D eigenvalue weighted by Crippen LogP contribution is -2.24. The average molecular weight is 292 g/mol. The van der Waals surface area contributed by atoms with Crippen molar-refractivity contribution in [2.75, 3.05) is 13.1 Å². The Balaban J connectivity index is 1.76.